The fraction of sp³-hybridized carbons (Fsp3) is 0.148. The van der Waals surface area contributed by atoms with Gasteiger partial charge in [0.25, 0.3) is 11.8 Å². The molecule has 0 bridgehead atoms. The molecule has 0 aliphatic carbocycles. The maximum absolute atomic E-state index is 12.6. The highest BCUT2D eigenvalue weighted by molar-refractivity contribution is 9.11. The van der Waals surface area contributed by atoms with Gasteiger partial charge in [-0.3, -0.25) is 9.59 Å². The van der Waals surface area contributed by atoms with Crippen LogP contribution in [-0.4, -0.2) is 25.5 Å². The van der Waals surface area contributed by atoms with Crippen molar-refractivity contribution in [2.24, 2.45) is 0 Å². The molecule has 0 fully saturated rings. The van der Waals surface area contributed by atoms with Gasteiger partial charge in [0.2, 0.25) is 0 Å². The van der Waals surface area contributed by atoms with Gasteiger partial charge in [-0.2, -0.15) is 5.26 Å². The highest BCUT2D eigenvalue weighted by Gasteiger charge is 2.14. The summed E-state index contributed by atoms with van der Waals surface area (Å²) in [6.45, 7) is 3.67. The van der Waals surface area contributed by atoms with Crippen molar-refractivity contribution in [1.29, 1.82) is 5.26 Å². The van der Waals surface area contributed by atoms with Crippen molar-refractivity contribution in [3.05, 3.63) is 85.8 Å². The van der Waals surface area contributed by atoms with E-state index in [4.69, 9.17) is 9.47 Å². The molecule has 2 N–H and O–H groups in total. The highest BCUT2D eigenvalue weighted by atomic mass is 79.9. The fourth-order valence-corrected chi connectivity index (χ4v) is 4.63. The van der Waals surface area contributed by atoms with E-state index in [-0.39, 0.29) is 18.1 Å². The molecule has 0 unspecified atom stereocenters. The molecule has 3 rings (SSSR count). The van der Waals surface area contributed by atoms with Crippen molar-refractivity contribution in [2.75, 3.05) is 24.4 Å². The van der Waals surface area contributed by atoms with Crippen LogP contribution in [-0.2, 0) is 9.59 Å². The van der Waals surface area contributed by atoms with Gasteiger partial charge < -0.3 is 20.1 Å². The van der Waals surface area contributed by atoms with E-state index in [1.54, 1.807) is 43.5 Å². The van der Waals surface area contributed by atoms with Crippen molar-refractivity contribution >= 4 is 61.1 Å². The summed E-state index contributed by atoms with van der Waals surface area (Å²) in [5.74, 6) is 0.236. The van der Waals surface area contributed by atoms with Crippen LogP contribution in [0.3, 0.4) is 0 Å². The summed E-state index contributed by atoms with van der Waals surface area (Å²) in [7, 11) is 1.55. The predicted octanol–water partition coefficient (Wildman–Crippen LogP) is 6.40. The predicted molar refractivity (Wildman–Crippen MR) is 147 cm³/mol. The SMILES string of the molecule is COc1ccc(NC(=O)/C(C#N)=C\c2cc(Br)c(OCC(=O)Nc3cc(C)ccc3C)c(Br)c2)cc1. The summed E-state index contributed by atoms with van der Waals surface area (Å²) in [5.41, 5.74) is 3.78. The normalized spacial score (nSPS) is 10.8. The van der Waals surface area contributed by atoms with E-state index < -0.39 is 5.91 Å². The van der Waals surface area contributed by atoms with Gasteiger partial charge in [-0.15, -0.1) is 0 Å². The Morgan fingerprint density at radius 1 is 1.00 bits per heavy atom. The number of rotatable bonds is 8. The lowest BCUT2D eigenvalue weighted by molar-refractivity contribution is -0.118. The van der Waals surface area contributed by atoms with E-state index in [1.165, 1.54) is 6.08 Å². The van der Waals surface area contributed by atoms with Crippen LogP contribution in [0.2, 0.25) is 0 Å². The molecular weight excluding hydrogens is 590 g/mol. The second kappa shape index (κ2) is 12.4. The maximum Gasteiger partial charge on any atom is 0.266 e. The van der Waals surface area contributed by atoms with Gasteiger partial charge >= 0.3 is 0 Å². The standard InChI is InChI=1S/C27H23Br2N3O4/c1-16-4-5-17(2)24(10-16)32-25(33)15-36-26-22(28)12-18(13-23(26)29)11-19(14-30)27(34)31-20-6-8-21(35-3)9-7-20/h4-13H,15H2,1-3H3,(H,31,34)(H,32,33)/b19-11-. The number of ether oxygens (including phenoxy) is 2. The molecule has 0 radical (unpaired) electrons. The first-order valence-corrected chi connectivity index (χ1v) is 12.3. The minimum absolute atomic E-state index is 0.0776. The topological polar surface area (TPSA) is 100 Å². The summed E-state index contributed by atoms with van der Waals surface area (Å²) in [6, 6.07) is 17.9. The maximum atomic E-state index is 12.6. The Morgan fingerprint density at radius 2 is 1.67 bits per heavy atom. The molecule has 0 aliphatic rings. The summed E-state index contributed by atoms with van der Waals surface area (Å²) >= 11 is 6.88. The number of nitrogens with one attached hydrogen (secondary N) is 2. The molecule has 0 saturated carbocycles. The zero-order valence-electron chi connectivity index (χ0n) is 19.8. The molecule has 9 heteroatoms. The van der Waals surface area contributed by atoms with Crippen molar-refractivity contribution < 1.29 is 19.1 Å². The van der Waals surface area contributed by atoms with Crippen molar-refractivity contribution in [1.82, 2.24) is 0 Å². The number of halogens is 2. The van der Waals surface area contributed by atoms with E-state index in [2.05, 4.69) is 42.5 Å². The third-order valence-corrected chi connectivity index (χ3v) is 6.24. The summed E-state index contributed by atoms with van der Waals surface area (Å²) in [6.07, 6.45) is 1.46. The lowest BCUT2D eigenvalue weighted by atomic mass is 10.1. The highest BCUT2D eigenvalue weighted by Crippen LogP contribution is 2.35. The van der Waals surface area contributed by atoms with E-state index in [0.717, 1.165) is 16.8 Å². The Labute approximate surface area is 226 Å². The third kappa shape index (κ3) is 7.20. The molecule has 36 heavy (non-hydrogen) atoms. The van der Waals surface area contributed by atoms with Crippen LogP contribution in [0.1, 0.15) is 16.7 Å². The Bertz CT molecular complexity index is 1340. The number of benzene rings is 3. The molecule has 0 aliphatic heterocycles. The molecule has 0 saturated heterocycles. The van der Waals surface area contributed by atoms with Gasteiger partial charge in [-0.05, 0) is 111 Å². The molecule has 0 heterocycles. The fourth-order valence-electron chi connectivity index (χ4n) is 3.18. The zero-order chi connectivity index (χ0) is 26.2. The number of nitrogens with zero attached hydrogens (tertiary/aromatic N) is 1. The van der Waals surface area contributed by atoms with E-state index in [9.17, 15) is 14.9 Å². The first kappa shape index (κ1) is 27.0. The number of anilines is 2. The number of methoxy groups -OCH3 is 1. The number of carbonyl (C=O) groups excluding carboxylic acids is 2. The Balaban J connectivity index is 1.69. The van der Waals surface area contributed by atoms with Crippen LogP contribution in [0.15, 0.2) is 69.1 Å². The lowest BCUT2D eigenvalue weighted by Crippen LogP contribution is -2.21. The van der Waals surface area contributed by atoms with E-state index >= 15 is 0 Å². The second-order valence-electron chi connectivity index (χ2n) is 7.82. The number of nitriles is 1. The van der Waals surface area contributed by atoms with Crippen LogP contribution in [0.25, 0.3) is 6.08 Å². The van der Waals surface area contributed by atoms with Gasteiger partial charge in [0.05, 0.1) is 16.1 Å². The lowest BCUT2D eigenvalue weighted by Gasteiger charge is -2.13. The molecule has 3 aromatic carbocycles. The molecule has 0 aromatic heterocycles. The Morgan fingerprint density at radius 3 is 2.28 bits per heavy atom. The van der Waals surface area contributed by atoms with Gasteiger partial charge in [0, 0.05) is 11.4 Å². The van der Waals surface area contributed by atoms with Gasteiger partial charge in [-0.25, -0.2) is 0 Å². The van der Waals surface area contributed by atoms with Crippen LogP contribution in [0, 0.1) is 25.2 Å². The molecule has 0 spiro atoms. The van der Waals surface area contributed by atoms with E-state index in [1.807, 2.05) is 38.1 Å². The smallest absolute Gasteiger partial charge is 0.266 e. The van der Waals surface area contributed by atoms with Crippen molar-refractivity contribution in [3.63, 3.8) is 0 Å². The number of carbonyl (C=O) groups is 2. The number of aryl methyl sites for hydroxylation is 2. The monoisotopic (exact) mass is 611 g/mol. The molecule has 2 amide bonds. The largest absolute Gasteiger partial charge is 0.497 e. The van der Waals surface area contributed by atoms with Gasteiger partial charge in [-0.1, -0.05) is 12.1 Å². The van der Waals surface area contributed by atoms with Crippen LogP contribution in [0.5, 0.6) is 11.5 Å². The van der Waals surface area contributed by atoms with Gasteiger partial charge in [0.1, 0.15) is 23.1 Å². The summed E-state index contributed by atoms with van der Waals surface area (Å²) in [5, 5.41) is 15.1. The average Bonchev–Trinajstić information content (AvgIpc) is 2.84. The number of hydrogen-bond donors (Lipinski definition) is 2. The zero-order valence-corrected chi connectivity index (χ0v) is 23.0. The Hall–Kier alpha value is -3.61. The van der Waals surface area contributed by atoms with Gasteiger partial charge in [0.15, 0.2) is 6.61 Å². The average molecular weight is 613 g/mol. The van der Waals surface area contributed by atoms with Crippen molar-refractivity contribution in [3.8, 4) is 17.6 Å². The first-order valence-electron chi connectivity index (χ1n) is 10.8. The molecule has 3 aromatic rings. The van der Waals surface area contributed by atoms with Crippen LogP contribution in [0.4, 0.5) is 11.4 Å². The molecular formula is C27H23Br2N3O4. The van der Waals surface area contributed by atoms with E-state index in [0.29, 0.717) is 31.7 Å². The summed E-state index contributed by atoms with van der Waals surface area (Å²) < 4.78 is 11.9. The molecule has 7 nitrogen and oxygen atoms in total. The molecule has 0 atom stereocenters. The van der Waals surface area contributed by atoms with Crippen LogP contribution < -0.4 is 20.1 Å². The number of hydrogen-bond acceptors (Lipinski definition) is 5. The number of amides is 2. The van der Waals surface area contributed by atoms with Crippen molar-refractivity contribution in [2.45, 2.75) is 13.8 Å². The Kier molecular flexibility index (Phi) is 9.28. The van der Waals surface area contributed by atoms with Crippen LogP contribution >= 0.6 is 31.9 Å². The molecule has 184 valence electrons. The first-order chi connectivity index (χ1) is 17.2. The third-order valence-electron chi connectivity index (χ3n) is 5.06. The minimum Gasteiger partial charge on any atom is -0.497 e. The second-order valence-corrected chi connectivity index (χ2v) is 9.53. The quantitative estimate of drug-likeness (QED) is 0.226. The minimum atomic E-state index is -0.543. The summed E-state index contributed by atoms with van der Waals surface area (Å²) in [4.78, 5) is 25.0.